The van der Waals surface area contributed by atoms with E-state index < -0.39 is 0 Å². The van der Waals surface area contributed by atoms with Crippen molar-refractivity contribution < 1.29 is 0 Å². The van der Waals surface area contributed by atoms with Crippen molar-refractivity contribution in [1.82, 2.24) is 0 Å². The van der Waals surface area contributed by atoms with E-state index in [1.807, 2.05) is 18.2 Å². The summed E-state index contributed by atoms with van der Waals surface area (Å²) in [6.07, 6.45) is 9.84. The zero-order chi connectivity index (χ0) is 7.45. The third kappa shape index (κ3) is 1.86. The Balaban J connectivity index is 2.52. The highest BCUT2D eigenvalue weighted by Gasteiger charge is 2.21. The van der Waals surface area contributed by atoms with Crippen LogP contribution in [0.4, 0.5) is 0 Å². The fourth-order valence-corrected chi connectivity index (χ4v) is 1.33. The summed E-state index contributed by atoms with van der Waals surface area (Å²) in [5.41, 5.74) is 5.40. The molecule has 1 unspecified atom stereocenters. The van der Waals surface area contributed by atoms with Crippen LogP contribution in [0.5, 0.6) is 0 Å². The molecule has 0 fully saturated rings. The lowest BCUT2D eigenvalue weighted by Crippen LogP contribution is -2.22. The second-order valence-corrected chi connectivity index (χ2v) is 3.32. The highest BCUT2D eigenvalue weighted by atomic mass is 35.5. The van der Waals surface area contributed by atoms with Crippen molar-refractivity contribution in [2.45, 2.75) is 17.7 Å². The van der Waals surface area contributed by atoms with Gasteiger partial charge in [0, 0.05) is 0 Å². The zero-order valence-electron chi connectivity index (χ0n) is 5.89. The second kappa shape index (κ2) is 3.22. The first kappa shape index (κ1) is 7.83. The lowest BCUT2D eigenvalue weighted by atomic mass is 9.96. The Bertz CT molecular complexity index is 163. The maximum Gasteiger partial charge on any atom is 0.0675 e. The SMILES string of the molecule is NCCC1(Cl)C=CC=CC1. The van der Waals surface area contributed by atoms with Gasteiger partial charge in [0.15, 0.2) is 0 Å². The van der Waals surface area contributed by atoms with Gasteiger partial charge in [-0.2, -0.15) is 0 Å². The Kier molecular flexibility index (Phi) is 2.52. The van der Waals surface area contributed by atoms with Gasteiger partial charge < -0.3 is 5.73 Å². The lowest BCUT2D eigenvalue weighted by Gasteiger charge is -2.22. The summed E-state index contributed by atoms with van der Waals surface area (Å²) in [6.45, 7) is 0.654. The first-order chi connectivity index (χ1) is 4.77. The number of alkyl halides is 1. The number of halogens is 1. The Hall–Kier alpha value is -0.270. The standard InChI is InChI=1S/C8H12ClN/c9-8(6-7-10)4-2-1-3-5-8/h1-4H,5-7,10H2. The fourth-order valence-electron chi connectivity index (χ4n) is 1.06. The Morgan fingerprint density at radius 1 is 1.50 bits per heavy atom. The summed E-state index contributed by atoms with van der Waals surface area (Å²) >= 11 is 6.16. The molecular formula is C8H12ClN. The first-order valence-corrected chi connectivity index (χ1v) is 3.88. The van der Waals surface area contributed by atoms with E-state index in [4.69, 9.17) is 17.3 Å². The van der Waals surface area contributed by atoms with Gasteiger partial charge in [0.25, 0.3) is 0 Å². The number of nitrogens with two attached hydrogens (primary N) is 1. The van der Waals surface area contributed by atoms with Crippen LogP contribution in [0.15, 0.2) is 24.3 Å². The minimum Gasteiger partial charge on any atom is -0.330 e. The van der Waals surface area contributed by atoms with Crippen LogP contribution in [0.2, 0.25) is 0 Å². The maximum atomic E-state index is 6.16. The monoisotopic (exact) mass is 157 g/mol. The molecule has 0 saturated carbocycles. The minimum absolute atomic E-state index is 0.191. The van der Waals surface area contributed by atoms with Crippen LogP contribution < -0.4 is 5.73 Å². The summed E-state index contributed by atoms with van der Waals surface area (Å²) in [6, 6.07) is 0. The van der Waals surface area contributed by atoms with Crippen molar-refractivity contribution in [2.75, 3.05) is 6.54 Å². The molecule has 0 aromatic carbocycles. The van der Waals surface area contributed by atoms with Crippen LogP contribution in [-0.4, -0.2) is 11.4 Å². The molecule has 1 aliphatic carbocycles. The average Bonchev–Trinajstić information content (AvgIpc) is 1.89. The maximum absolute atomic E-state index is 6.16. The van der Waals surface area contributed by atoms with Crippen molar-refractivity contribution >= 4 is 11.6 Å². The Labute approximate surface area is 66.6 Å². The van der Waals surface area contributed by atoms with E-state index in [2.05, 4.69) is 6.08 Å². The molecule has 10 heavy (non-hydrogen) atoms. The van der Waals surface area contributed by atoms with Crippen LogP contribution in [0, 0.1) is 0 Å². The molecule has 0 heterocycles. The van der Waals surface area contributed by atoms with Crippen molar-refractivity contribution in [3.05, 3.63) is 24.3 Å². The van der Waals surface area contributed by atoms with E-state index in [-0.39, 0.29) is 4.87 Å². The molecule has 1 aliphatic rings. The number of rotatable bonds is 2. The van der Waals surface area contributed by atoms with E-state index in [9.17, 15) is 0 Å². The largest absolute Gasteiger partial charge is 0.330 e. The van der Waals surface area contributed by atoms with Crippen LogP contribution in [0.1, 0.15) is 12.8 Å². The smallest absolute Gasteiger partial charge is 0.0675 e. The number of hydrogen-bond donors (Lipinski definition) is 1. The molecule has 2 N–H and O–H groups in total. The van der Waals surface area contributed by atoms with Gasteiger partial charge in [0.2, 0.25) is 0 Å². The van der Waals surface area contributed by atoms with Gasteiger partial charge >= 0.3 is 0 Å². The quantitative estimate of drug-likeness (QED) is 0.609. The molecule has 0 spiro atoms. The summed E-state index contributed by atoms with van der Waals surface area (Å²) in [5, 5.41) is 0. The Morgan fingerprint density at radius 2 is 2.30 bits per heavy atom. The van der Waals surface area contributed by atoms with Gasteiger partial charge in [-0.1, -0.05) is 24.3 Å². The molecule has 0 aromatic heterocycles. The summed E-state index contributed by atoms with van der Waals surface area (Å²) in [7, 11) is 0. The molecule has 0 bridgehead atoms. The molecule has 0 aliphatic heterocycles. The fraction of sp³-hybridized carbons (Fsp3) is 0.500. The number of allylic oxidation sites excluding steroid dienone is 4. The van der Waals surface area contributed by atoms with Crippen molar-refractivity contribution in [3.8, 4) is 0 Å². The molecule has 2 heteroatoms. The molecular weight excluding hydrogens is 146 g/mol. The second-order valence-electron chi connectivity index (χ2n) is 2.56. The zero-order valence-corrected chi connectivity index (χ0v) is 6.64. The van der Waals surface area contributed by atoms with E-state index >= 15 is 0 Å². The average molecular weight is 158 g/mol. The van der Waals surface area contributed by atoms with Gasteiger partial charge in [-0.15, -0.1) is 11.6 Å². The minimum atomic E-state index is -0.191. The molecule has 1 nitrogen and oxygen atoms in total. The molecule has 1 rings (SSSR count). The molecule has 0 radical (unpaired) electrons. The number of hydrogen-bond acceptors (Lipinski definition) is 1. The summed E-state index contributed by atoms with van der Waals surface area (Å²) < 4.78 is 0. The topological polar surface area (TPSA) is 26.0 Å². The van der Waals surface area contributed by atoms with Crippen molar-refractivity contribution in [3.63, 3.8) is 0 Å². The Morgan fingerprint density at radius 3 is 2.80 bits per heavy atom. The molecule has 0 saturated heterocycles. The highest BCUT2D eigenvalue weighted by Crippen LogP contribution is 2.28. The van der Waals surface area contributed by atoms with Gasteiger partial charge in [-0.05, 0) is 19.4 Å². The lowest BCUT2D eigenvalue weighted by molar-refractivity contribution is 0.642. The molecule has 0 aromatic rings. The predicted molar refractivity (Wildman–Crippen MR) is 45.2 cm³/mol. The van der Waals surface area contributed by atoms with Gasteiger partial charge in [0.05, 0.1) is 4.87 Å². The van der Waals surface area contributed by atoms with E-state index in [0.717, 1.165) is 12.8 Å². The summed E-state index contributed by atoms with van der Waals surface area (Å²) in [5.74, 6) is 0. The molecule has 56 valence electrons. The van der Waals surface area contributed by atoms with Gasteiger partial charge in [-0.25, -0.2) is 0 Å². The molecule has 0 amide bonds. The van der Waals surface area contributed by atoms with E-state index in [1.165, 1.54) is 0 Å². The first-order valence-electron chi connectivity index (χ1n) is 3.50. The molecule has 1 atom stereocenters. The predicted octanol–water partition coefficient (Wildman–Crippen LogP) is 1.83. The third-order valence-corrected chi connectivity index (χ3v) is 2.13. The van der Waals surface area contributed by atoms with Crippen molar-refractivity contribution in [1.29, 1.82) is 0 Å². The van der Waals surface area contributed by atoms with Crippen LogP contribution >= 0.6 is 11.6 Å². The normalized spacial score (nSPS) is 31.0. The van der Waals surface area contributed by atoms with Crippen LogP contribution in [0.3, 0.4) is 0 Å². The summed E-state index contributed by atoms with van der Waals surface area (Å²) in [4.78, 5) is -0.191. The van der Waals surface area contributed by atoms with E-state index in [0.29, 0.717) is 6.54 Å². The van der Waals surface area contributed by atoms with Gasteiger partial charge in [0.1, 0.15) is 0 Å². The van der Waals surface area contributed by atoms with Crippen molar-refractivity contribution in [2.24, 2.45) is 5.73 Å². The van der Waals surface area contributed by atoms with E-state index in [1.54, 1.807) is 0 Å². The third-order valence-electron chi connectivity index (χ3n) is 1.66. The van der Waals surface area contributed by atoms with Crippen LogP contribution in [0.25, 0.3) is 0 Å². The highest BCUT2D eigenvalue weighted by molar-refractivity contribution is 6.25. The van der Waals surface area contributed by atoms with Crippen LogP contribution in [-0.2, 0) is 0 Å². The van der Waals surface area contributed by atoms with Gasteiger partial charge in [-0.3, -0.25) is 0 Å².